The van der Waals surface area contributed by atoms with Crippen molar-refractivity contribution in [1.82, 2.24) is 9.27 Å². The number of aliphatic hydroxyl groups is 1. The van der Waals surface area contributed by atoms with E-state index in [-0.39, 0.29) is 18.8 Å². The first kappa shape index (κ1) is 17.2. The predicted molar refractivity (Wildman–Crippen MR) is 91.6 cm³/mol. The Balaban J connectivity index is 1.92. The van der Waals surface area contributed by atoms with Crippen molar-refractivity contribution < 1.29 is 19.3 Å². The zero-order valence-corrected chi connectivity index (χ0v) is 14.7. The lowest BCUT2D eigenvalue weighted by atomic mass is 9.97. The SMILES string of the molecule is COc1ccc([C@H]2[C@H](CO)OCCN2Cc2cnsc2)cc1OC. The molecule has 24 heavy (non-hydrogen) atoms. The van der Waals surface area contributed by atoms with Gasteiger partial charge in [0.1, 0.15) is 6.10 Å². The summed E-state index contributed by atoms with van der Waals surface area (Å²) in [6.07, 6.45) is 1.61. The number of ether oxygens (including phenoxy) is 3. The summed E-state index contributed by atoms with van der Waals surface area (Å²) in [4.78, 5) is 2.31. The Bertz CT molecular complexity index is 650. The summed E-state index contributed by atoms with van der Waals surface area (Å²) in [6.45, 7) is 2.14. The quantitative estimate of drug-likeness (QED) is 0.861. The lowest BCUT2D eigenvalue weighted by molar-refractivity contribution is -0.0960. The van der Waals surface area contributed by atoms with Crippen LogP contribution in [0.5, 0.6) is 11.5 Å². The molecule has 6 nitrogen and oxygen atoms in total. The molecule has 1 saturated heterocycles. The second-order valence-electron chi connectivity index (χ2n) is 5.65. The number of benzene rings is 1. The molecule has 2 aromatic rings. The fourth-order valence-electron chi connectivity index (χ4n) is 3.12. The smallest absolute Gasteiger partial charge is 0.161 e. The molecule has 0 amide bonds. The Morgan fingerprint density at radius 2 is 2.17 bits per heavy atom. The summed E-state index contributed by atoms with van der Waals surface area (Å²) < 4.78 is 20.7. The highest BCUT2D eigenvalue weighted by molar-refractivity contribution is 7.03. The largest absolute Gasteiger partial charge is 0.493 e. The summed E-state index contributed by atoms with van der Waals surface area (Å²) in [5, 5.41) is 11.8. The maximum Gasteiger partial charge on any atom is 0.161 e. The van der Waals surface area contributed by atoms with Crippen LogP contribution in [0.25, 0.3) is 0 Å². The van der Waals surface area contributed by atoms with Crippen molar-refractivity contribution in [3.05, 3.63) is 40.9 Å². The molecule has 2 atom stereocenters. The fraction of sp³-hybridized carbons (Fsp3) is 0.471. The molecule has 0 unspecified atom stereocenters. The molecule has 7 heteroatoms. The molecule has 1 aromatic carbocycles. The van der Waals surface area contributed by atoms with E-state index in [1.807, 2.05) is 24.4 Å². The standard InChI is InChI=1S/C17H22N2O4S/c1-21-14-4-3-13(7-15(14)22-2)17-16(10-20)23-6-5-19(17)9-12-8-18-24-11-12/h3-4,7-8,11,16-17,20H,5-6,9-10H2,1-2H3/t16-,17-/m0/s1. The van der Waals surface area contributed by atoms with Crippen LogP contribution < -0.4 is 9.47 Å². The van der Waals surface area contributed by atoms with E-state index in [9.17, 15) is 5.11 Å². The number of nitrogens with zero attached hydrogens (tertiary/aromatic N) is 2. The van der Waals surface area contributed by atoms with E-state index in [0.717, 1.165) is 18.7 Å². The molecule has 1 aliphatic rings. The molecular formula is C17H22N2O4S. The molecule has 0 radical (unpaired) electrons. The lowest BCUT2D eigenvalue weighted by Gasteiger charge is -2.41. The lowest BCUT2D eigenvalue weighted by Crippen LogP contribution is -2.46. The number of rotatable bonds is 6. The third-order valence-electron chi connectivity index (χ3n) is 4.25. The Hall–Kier alpha value is -1.67. The minimum atomic E-state index is -0.275. The molecule has 1 aliphatic heterocycles. The zero-order valence-electron chi connectivity index (χ0n) is 13.8. The van der Waals surface area contributed by atoms with E-state index in [0.29, 0.717) is 18.1 Å². The van der Waals surface area contributed by atoms with Gasteiger partial charge >= 0.3 is 0 Å². The van der Waals surface area contributed by atoms with Crippen LogP contribution in [-0.4, -0.2) is 54.5 Å². The van der Waals surface area contributed by atoms with Crippen molar-refractivity contribution >= 4 is 11.5 Å². The third kappa shape index (κ3) is 3.54. The summed E-state index contributed by atoms with van der Waals surface area (Å²) in [5.74, 6) is 1.36. The normalized spacial score (nSPS) is 21.6. The minimum absolute atomic E-state index is 0.0304. The molecule has 1 N–H and O–H groups in total. The molecule has 130 valence electrons. The molecule has 0 spiro atoms. The number of hydrogen-bond acceptors (Lipinski definition) is 7. The van der Waals surface area contributed by atoms with Gasteiger partial charge in [-0.3, -0.25) is 4.90 Å². The van der Waals surface area contributed by atoms with Gasteiger partial charge < -0.3 is 19.3 Å². The molecular weight excluding hydrogens is 328 g/mol. The Morgan fingerprint density at radius 3 is 2.83 bits per heavy atom. The van der Waals surface area contributed by atoms with Crippen molar-refractivity contribution in [2.45, 2.75) is 18.7 Å². The van der Waals surface area contributed by atoms with E-state index in [1.165, 1.54) is 17.1 Å². The first-order valence-electron chi connectivity index (χ1n) is 7.83. The molecule has 3 rings (SSSR count). The average molecular weight is 350 g/mol. The predicted octanol–water partition coefficient (Wildman–Crippen LogP) is 2.09. The number of morpholine rings is 1. The van der Waals surface area contributed by atoms with Crippen molar-refractivity contribution in [2.24, 2.45) is 0 Å². The second-order valence-corrected chi connectivity index (χ2v) is 6.31. The van der Waals surface area contributed by atoms with Gasteiger partial charge in [-0.1, -0.05) is 6.07 Å². The maximum atomic E-state index is 9.78. The third-order valence-corrected chi connectivity index (χ3v) is 4.89. The highest BCUT2D eigenvalue weighted by Gasteiger charge is 2.33. The van der Waals surface area contributed by atoms with E-state index < -0.39 is 0 Å². The number of methoxy groups -OCH3 is 2. The van der Waals surface area contributed by atoms with Crippen LogP contribution in [0.4, 0.5) is 0 Å². The summed E-state index contributed by atoms with van der Waals surface area (Å²) >= 11 is 1.45. The molecule has 1 aromatic heterocycles. The van der Waals surface area contributed by atoms with Crippen molar-refractivity contribution in [3.8, 4) is 11.5 Å². The van der Waals surface area contributed by atoms with Gasteiger partial charge in [-0.15, -0.1) is 0 Å². The van der Waals surface area contributed by atoms with Gasteiger partial charge in [-0.25, -0.2) is 4.37 Å². The van der Waals surface area contributed by atoms with Crippen LogP contribution in [0.3, 0.4) is 0 Å². The number of aromatic nitrogens is 1. The number of aliphatic hydroxyl groups excluding tert-OH is 1. The molecule has 0 aliphatic carbocycles. The first-order valence-corrected chi connectivity index (χ1v) is 8.67. The van der Waals surface area contributed by atoms with Crippen LogP contribution in [0, 0.1) is 0 Å². The van der Waals surface area contributed by atoms with E-state index >= 15 is 0 Å². The molecule has 1 fully saturated rings. The molecule has 0 bridgehead atoms. The highest BCUT2D eigenvalue weighted by Crippen LogP contribution is 2.36. The van der Waals surface area contributed by atoms with E-state index in [1.54, 1.807) is 14.2 Å². The Labute approximate surface area is 145 Å². The van der Waals surface area contributed by atoms with Crippen LogP contribution in [-0.2, 0) is 11.3 Å². The average Bonchev–Trinajstić information content (AvgIpc) is 3.14. The highest BCUT2D eigenvalue weighted by atomic mass is 32.1. The van der Waals surface area contributed by atoms with Crippen molar-refractivity contribution in [1.29, 1.82) is 0 Å². The van der Waals surface area contributed by atoms with Crippen molar-refractivity contribution in [3.63, 3.8) is 0 Å². The zero-order chi connectivity index (χ0) is 16.9. The number of hydrogen-bond donors (Lipinski definition) is 1. The Morgan fingerprint density at radius 1 is 1.33 bits per heavy atom. The topological polar surface area (TPSA) is 64.0 Å². The van der Waals surface area contributed by atoms with E-state index in [2.05, 4.69) is 14.7 Å². The van der Waals surface area contributed by atoms with Gasteiger partial charge in [0.25, 0.3) is 0 Å². The van der Waals surface area contributed by atoms with Gasteiger partial charge in [0.05, 0.1) is 33.5 Å². The van der Waals surface area contributed by atoms with Gasteiger partial charge in [-0.05, 0) is 34.8 Å². The van der Waals surface area contributed by atoms with E-state index in [4.69, 9.17) is 14.2 Å². The van der Waals surface area contributed by atoms with Gasteiger partial charge in [0.15, 0.2) is 11.5 Å². The Kier molecular flexibility index (Phi) is 5.68. The second kappa shape index (κ2) is 7.94. The maximum absolute atomic E-state index is 9.78. The summed E-state index contributed by atoms with van der Waals surface area (Å²) in [7, 11) is 3.24. The van der Waals surface area contributed by atoms with Crippen LogP contribution in [0.15, 0.2) is 29.8 Å². The monoisotopic (exact) mass is 350 g/mol. The summed E-state index contributed by atoms with van der Waals surface area (Å²) in [6, 6.07) is 5.80. The first-order chi connectivity index (χ1) is 11.8. The van der Waals surface area contributed by atoms with Crippen molar-refractivity contribution in [2.75, 3.05) is 34.0 Å². The fourth-order valence-corrected chi connectivity index (χ4v) is 3.65. The molecule has 2 heterocycles. The van der Waals surface area contributed by atoms with Gasteiger partial charge in [-0.2, -0.15) is 0 Å². The van der Waals surface area contributed by atoms with Crippen LogP contribution in [0.2, 0.25) is 0 Å². The molecule has 0 saturated carbocycles. The van der Waals surface area contributed by atoms with Crippen LogP contribution >= 0.6 is 11.5 Å². The van der Waals surface area contributed by atoms with Gasteiger partial charge in [0.2, 0.25) is 0 Å². The summed E-state index contributed by atoms with van der Waals surface area (Å²) in [5.41, 5.74) is 2.21. The minimum Gasteiger partial charge on any atom is -0.493 e. The van der Waals surface area contributed by atoms with Gasteiger partial charge in [0, 0.05) is 24.7 Å². The van der Waals surface area contributed by atoms with Crippen LogP contribution in [0.1, 0.15) is 17.2 Å².